The van der Waals surface area contributed by atoms with Crippen molar-refractivity contribution in [2.45, 2.75) is 26.4 Å². The number of nitrogens with zero attached hydrogens (tertiary/aromatic N) is 1. The van der Waals surface area contributed by atoms with E-state index in [0.717, 1.165) is 6.42 Å². The van der Waals surface area contributed by atoms with E-state index in [-0.39, 0.29) is 5.91 Å². The number of nitrogens with one attached hydrogen (secondary N) is 1. The van der Waals surface area contributed by atoms with Crippen molar-refractivity contribution in [2.75, 3.05) is 6.54 Å². The Morgan fingerprint density at radius 1 is 1.59 bits per heavy atom. The summed E-state index contributed by atoms with van der Waals surface area (Å²) in [5, 5.41) is 11.5. The van der Waals surface area contributed by atoms with Gasteiger partial charge >= 0.3 is 0 Å². The van der Waals surface area contributed by atoms with Gasteiger partial charge in [0.05, 0.1) is 11.6 Å². The van der Waals surface area contributed by atoms with Crippen LogP contribution in [0, 0.1) is 11.3 Å². The fraction of sp³-hybridized carbons (Fsp3) is 0.385. The maximum atomic E-state index is 11.6. The smallest absolute Gasteiger partial charge is 0.260 e. The highest BCUT2D eigenvalue weighted by Gasteiger charge is 2.13. The molecule has 1 N–H and O–H groups in total. The van der Waals surface area contributed by atoms with Crippen molar-refractivity contribution in [2.24, 2.45) is 0 Å². The Morgan fingerprint density at radius 3 is 3.00 bits per heavy atom. The van der Waals surface area contributed by atoms with Gasteiger partial charge in [-0.1, -0.05) is 13.0 Å². The van der Waals surface area contributed by atoms with Gasteiger partial charge in [-0.15, -0.1) is 0 Å². The number of nitriles is 1. The summed E-state index contributed by atoms with van der Waals surface area (Å²) in [6, 6.07) is 8.78. The van der Waals surface area contributed by atoms with E-state index in [1.165, 1.54) is 0 Å². The molecule has 0 heterocycles. The summed E-state index contributed by atoms with van der Waals surface area (Å²) < 4.78 is 5.45. The molecule has 90 valence electrons. The second kappa shape index (κ2) is 6.54. The van der Waals surface area contributed by atoms with Crippen LogP contribution in [0.2, 0.25) is 0 Å². The summed E-state index contributed by atoms with van der Waals surface area (Å²) in [4.78, 5) is 11.6. The Kier molecular flexibility index (Phi) is 5.02. The average molecular weight is 232 g/mol. The van der Waals surface area contributed by atoms with Crippen molar-refractivity contribution in [3.05, 3.63) is 29.8 Å². The predicted molar refractivity (Wildman–Crippen MR) is 64.5 cm³/mol. The molecule has 1 rings (SSSR count). The summed E-state index contributed by atoms with van der Waals surface area (Å²) in [6.07, 6.45) is 0.332. The van der Waals surface area contributed by atoms with Gasteiger partial charge < -0.3 is 10.1 Å². The molecule has 0 radical (unpaired) electrons. The normalized spacial score (nSPS) is 11.4. The van der Waals surface area contributed by atoms with Crippen molar-refractivity contribution in [3.63, 3.8) is 0 Å². The van der Waals surface area contributed by atoms with Crippen LogP contribution in [0.15, 0.2) is 24.3 Å². The Morgan fingerprint density at radius 2 is 2.35 bits per heavy atom. The molecule has 4 heteroatoms. The largest absolute Gasteiger partial charge is 0.481 e. The molecule has 1 aromatic rings. The summed E-state index contributed by atoms with van der Waals surface area (Å²) >= 11 is 0. The standard InChI is InChI=1S/C13H16N2O2/c1-3-7-15-13(16)10(2)17-12-6-4-5-11(8-12)9-14/h4-6,8,10H,3,7H2,1-2H3,(H,15,16). The summed E-state index contributed by atoms with van der Waals surface area (Å²) in [6.45, 7) is 4.32. The number of carbonyl (C=O) groups is 1. The molecule has 17 heavy (non-hydrogen) atoms. The Hall–Kier alpha value is -2.02. The molecule has 0 aromatic heterocycles. The molecule has 1 amide bonds. The molecular weight excluding hydrogens is 216 g/mol. The zero-order valence-corrected chi connectivity index (χ0v) is 10.1. The second-order valence-electron chi connectivity index (χ2n) is 3.69. The molecule has 0 aliphatic heterocycles. The molecule has 0 bridgehead atoms. The van der Waals surface area contributed by atoms with Crippen molar-refractivity contribution in [1.29, 1.82) is 5.26 Å². The van der Waals surface area contributed by atoms with Gasteiger partial charge in [0.25, 0.3) is 5.91 Å². The zero-order chi connectivity index (χ0) is 12.7. The monoisotopic (exact) mass is 232 g/mol. The number of carbonyl (C=O) groups excluding carboxylic acids is 1. The van der Waals surface area contributed by atoms with Crippen molar-refractivity contribution in [3.8, 4) is 11.8 Å². The van der Waals surface area contributed by atoms with Crippen molar-refractivity contribution < 1.29 is 9.53 Å². The molecule has 4 nitrogen and oxygen atoms in total. The average Bonchev–Trinajstić information content (AvgIpc) is 2.36. The minimum atomic E-state index is -0.560. The molecule has 0 spiro atoms. The lowest BCUT2D eigenvalue weighted by atomic mass is 10.2. The van der Waals surface area contributed by atoms with Gasteiger partial charge in [-0.05, 0) is 31.5 Å². The zero-order valence-electron chi connectivity index (χ0n) is 10.1. The van der Waals surface area contributed by atoms with Crippen LogP contribution in [0.4, 0.5) is 0 Å². The van der Waals surface area contributed by atoms with Crippen LogP contribution in [0.1, 0.15) is 25.8 Å². The number of hydrogen-bond donors (Lipinski definition) is 1. The first kappa shape index (κ1) is 13.0. The van der Waals surface area contributed by atoms with E-state index in [1.54, 1.807) is 31.2 Å². The van der Waals surface area contributed by atoms with Crippen LogP contribution in [0.25, 0.3) is 0 Å². The van der Waals surface area contributed by atoms with E-state index >= 15 is 0 Å². The molecule has 0 aliphatic carbocycles. The minimum Gasteiger partial charge on any atom is -0.481 e. The molecule has 0 fully saturated rings. The van der Waals surface area contributed by atoms with E-state index in [1.807, 2.05) is 13.0 Å². The number of ether oxygens (including phenoxy) is 1. The van der Waals surface area contributed by atoms with Crippen LogP contribution >= 0.6 is 0 Å². The fourth-order valence-corrected chi connectivity index (χ4v) is 1.29. The Bertz CT molecular complexity index is 424. The van der Waals surface area contributed by atoms with Crippen LogP contribution < -0.4 is 10.1 Å². The summed E-state index contributed by atoms with van der Waals surface area (Å²) in [5.74, 6) is 0.386. The van der Waals surface area contributed by atoms with Gasteiger partial charge in [-0.3, -0.25) is 4.79 Å². The van der Waals surface area contributed by atoms with Crippen LogP contribution in [0.3, 0.4) is 0 Å². The number of rotatable bonds is 5. The highest BCUT2D eigenvalue weighted by molar-refractivity contribution is 5.80. The maximum absolute atomic E-state index is 11.6. The molecule has 1 atom stereocenters. The van der Waals surface area contributed by atoms with Crippen molar-refractivity contribution in [1.82, 2.24) is 5.32 Å². The topological polar surface area (TPSA) is 62.1 Å². The quantitative estimate of drug-likeness (QED) is 0.842. The number of benzene rings is 1. The summed E-state index contributed by atoms with van der Waals surface area (Å²) in [5.41, 5.74) is 0.517. The van der Waals surface area contributed by atoms with Gasteiger partial charge in [-0.2, -0.15) is 5.26 Å². The third-order valence-electron chi connectivity index (χ3n) is 2.19. The number of hydrogen-bond acceptors (Lipinski definition) is 3. The Labute approximate surface area is 101 Å². The van der Waals surface area contributed by atoms with E-state index in [2.05, 4.69) is 5.32 Å². The fourth-order valence-electron chi connectivity index (χ4n) is 1.29. The van der Waals surface area contributed by atoms with Crippen LogP contribution in [0.5, 0.6) is 5.75 Å². The van der Waals surface area contributed by atoms with E-state index in [9.17, 15) is 4.79 Å². The SMILES string of the molecule is CCCNC(=O)C(C)Oc1cccc(C#N)c1. The first-order chi connectivity index (χ1) is 8.17. The lowest BCUT2D eigenvalue weighted by Crippen LogP contribution is -2.36. The molecule has 1 unspecified atom stereocenters. The summed E-state index contributed by atoms with van der Waals surface area (Å²) in [7, 11) is 0. The predicted octanol–water partition coefficient (Wildman–Crippen LogP) is 1.85. The Balaban J connectivity index is 2.58. The third kappa shape index (κ3) is 4.15. The van der Waals surface area contributed by atoms with Gasteiger partial charge in [0.2, 0.25) is 0 Å². The first-order valence-corrected chi connectivity index (χ1v) is 5.62. The molecule has 1 aromatic carbocycles. The molecule has 0 saturated carbocycles. The second-order valence-corrected chi connectivity index (χ2v) is 3.69. The lowest BCUT2D eigenvalue weighted by molar-refractivity contribution is -0.127. The van der Waals surface area contributed by atoms with Gasteiger partial charge in [-0.25, -0.2) is 0 Å². The van der Waals surface area contributed by atoms with E-state index in [0.29, 0.717) is 17.9 Å². The van der Waals surface area contributed by atoms with Gasteiger partial charge in [0, 0.05) is 6.54 Å². The highest BCUT2D eigenvalue weighted by atomic mass is 16.5. The first-order valence-electron chi connectivity index (χ1n) is 5.62. The maximum Gasteiger partial charge on any atom is 0.260 e. The third-order valence-corrected chi connectivity index (χ3v) is 2.19. The molecule has 0 saturated heterocycles. The number of amides is 1. The van der Waals surface area contributed by atoms with Gasteiger partial charge in [0.15, 0.2) is 6.10 Å². The lowest BCUT2D eigenvalue weighted by Gasteiger charge is -2.14. The molecule has 0 aliphatic rings. The van der Waals surface area contributed by atoms with Gasteiger partial charge in [0.1, 0.15) is 5.75 Å². The van der Waals surface area contributed by atoms with E-state index < -0.39 is 6.10 Å². The molecular formula is C13H16N2O2. The van der Waals surface area contributed by atoms with Crippen LogP contribution in [-0.4, -0.2) is 18.6 Å². The van der Waals surface area contributed by atoms with E-state index in [4.69, 9.17) is 10.00 Å². The van der Waals surface area contributed by atoms with Crippen LogP contribution in [-0.2, 0) is 4.79 Å². The minimum absolute atomic E-state index is 0.144. The highest BCUT2D eigenvalue weighted by Crippen LogP contribution is 2.14. The van der Waals surface area contributed by atoms with Crippen molar-refractivity contribution >= 4 is 5.91 Å².